The molecule has 0 bridgehead atoms. The maximum atomic E-state index is 4.48. The first kappa shape index (κ1) is 14.4. The van der Waals surface area contributed by atoms with Crippen molar-refractivity contribution in [1.82, 2.24) is 10.2 Å². The largest absolute Gasteiger partial charge is 0.356 e. The Morgan fingerprint density at radius 1 is 1.33 bits per heavy atom. The van der Waals surface area contributed by atoms with Crippen LogP contribution in [0.15, 0.2) is 35.3 Å². The molecular formula is C18H27N3. The second-order valence-corrected chi connectivity index (χ2v) is 6.63. The molecule has 1 aliphatic carbocycles. The number of aliphatic imine (C=N–C) groups is 1. The Morgan fingerprint density at radius 2 is 2.14 bits per heavy atom. The Balaban J connectivity index is 1.49. The number of rotatable bonds is 3. The van der Waals surface area contributed by atoms with Gasteiger partial charge in [-0.1, -0.05) is 37.3 Å². The zero-order valence-electron chi connectivity index (χ0n) is 13.3. The monoisotopic (exact) mass is 285 g/mol. The minimum absolute atomic E-state index is 0.747. The summed E-state index contributed by atoms with van der Waals surface area (Å²) < 4.78 is 0. The highest BCUT2D eigenvalue weighted by molar-refractivity contribution is 5.80. The van der Waals surface area contributed by atoms with E-state index in [1.54, 1.807) is 0 Å². The highest BCUT2D eigenvalue weighted by atomic mass is 15.3. The Hall–Kier alpha value is -1.51. The molecule has 1 N–H and O–H groups in total. The number of benzene rings is 1. The van der Waals surface area contributed by atoms with Gasteiger partial charge in [0.25, 0.3) is 0 Å². The van der Waals surface area contributed by atoms with E-state index in [1.807, 2.05) is 7.05 Å². The molecule has 3 nitrogen and oxygen atoms in total. The van der Waals surface area contributed by atoms with Crippen LogP contribution >= 0.6 is 0 Å². The summed E-state index contributed by atoms with van der Waals surface area (Å²) >= 11 is 0. The summed E-state index contributed by atoms with van der Waals surface area (Å²) in [4.78, 5) is 6.90. The van der Waals surface area contributed by atoms with Gasteiger partial charge in [0.2, 0.25) is 0 Å². The summed E-state index contributed by atoms with van der Waals surface area (Å²) in [6, 6.07) is 10.9. The van der Waals surface area contributed by atoms with Gasteiger partial charge in [0.15, 0.2) is 5.96 Å². The number of hydrogen-bond donors (Lipinski definition) is 1. The van der Waals surface area contributed by atoms with E-state index in [-0.39, 0.29) is 0 Å². The summed E-state index contributed by atoms with van der Waals surface area (Å²) in [6.45, 7) is 5.69. The first-order valence-electron chi connectivity index (χ1n) is 8.28. The lowest BCUT2D eigenvalue weighted by molar-refractivity contribution is 0.266. The third-order valence-corrected chi connectivity index (χ3v) is 4.84. The van der Waals surface area contributed by atoms with Crippen molar-refractivity contribution in [1.29, 1.82) is 0 Å². The van der Waals surface area contributed by atoms with Crippen molar-refractivity contribution in [2.24, 2.45) is 16.8 Å². The molecule has 0 spiro atoms. The van der Waals surface area contributed by atoms with Crippen LogP contribution in [-0.2, 0) is 0 Å². The maximum Gasteiger partial charge on any atom is 0.193 e. The molecule has 3 heteroatoms. The van der Waals surface area contributed by atoms with Crippen LogP contribution < -0.4 is 5.32 Å². The molecule has 0 radical (unpaired) electrons. The first-order chi connectivity index (χ1) is 10.3. The average Bonchev–Trinajstić information content (AvgIpc) is 3.29. The molecule has 2 aliphatic rings. The number of nitrogens with one attached hydrogen (secondary N) is 1. The van der Waals surface area contributed by atoms with Crippen LogP contribution in [0.25, 0.3) is 0 Å². The predicted molar refractivity (Wildman–Crippen MR) is 88.6 cm³/mol. The molecule has 1 saturated heterocycles. The van der Waals surface area contributed by atoms with Crippen LogP contribution in [-0.4, -0.2) is 37.5 Å². The van der Waals surface area contributed by atoms with Crippen LogP contribution in [0.4, 0.5) is 0 Å². The molecule has 1 saturated carbocycles. The van der Waals surface area contributed by atoms with Gasteiger partial charge in [-0.2, -0.15) is 0 Å². The van der Waals surface area contributed by atoms with Crippen molar-refractivity contribution in [3.8, 4) is 0 Å². The topological polar surface area (TPSA) is 27.6 Å². The van der Waals surface area contributed by atoms with E-state index in [4.69, 9.17) is 0 Å². The third-order valence-electron chi connectivity index (χ3n) is 4.84. The molecule has 2 fully saturated rings. The minimum atomic E-state index is 0.747. The third kappa shape index (κ3) is 3.58. The van der Waals surface area contributed by atoms with E-state index in [0.29, 0.717) is 0 Å². The zero-order valence-corrected chi connectivity index (χ0v) is 13.3. The van der Waals surface area contributed by atoms with Crippen molar-refractivity contribution in [3.05, 3.63) is 35.9 Å². The molecular weight excluding hydrogens is 258 g/mol. The van der Waals surface area contributed by atoms with Gasteiger partial charge in [-0.15, -0.1) is 0 Å². The standard InChI is InChI=1S/C18H27N3/c1-14-7-6-10-21(13-14)18(19-2)20-12-16-11-17(16)15-8-4-3-5-9-15/h3-5,8-9,14,16-17H,6-7,10-13H2,1-2H3,(H,19,20). The molecule has 21 heavy (non-hydrogen) atoms. The fourth-order valence-corrected chi connectivity index (χ4v) is 3.52. The summed E-state index contributed by atoms with van der Waals surface area (Å²) in [5.41, 5.74) is 1.49. The number of nitrogens with zero attached hydrogens (tertiary/aromatic N) is 2. The smallest absolute Gasteiger partial charge is 0.193 e. The zero-order chi connectivity index (χ0) is 14.7. The van der Waals surface area contributed by atoms with Crippen molar-refractivity contribution < 1.29 is 0 Å². The van der Waals surface area contributed by atoms with Crippen molar-refractivity contribution in [2.75, 3.05) is 26.7 Å². The first-order valence-corrected chi connectivity index (χ1v) is 8.28. The molecule has 3 rings (SSSR count). The average molecular weight is 285 g/mol. The van der Waals surface area contributed by atoms with Crippen molar-refractivity contribution in [3.63, 3.8) is 0 Å². The van der Waals surface area contributed by atoms with Gasteiger partial charge in [-0.3, -0.25) is 4.99 Å². The van der Waals surface area contributed by atoms with E-state index in [9.17, 15) is 0 Å². The van der Waals surface area contributed by atoms with Gasteiger partial charge in [-0.05, 0) is 42.6 Å². The van der Waals surface area contributed by atoms with Crippen LogP contribution in [0.2, 0.25) is 0 Å². The van der Waals surface area contributed by atoms with Crippen LogP contribution in [0.3, 0.4) is 0 Å². The molecule has 1 heterocycles. The maximum absolute atomic E-state index is 4.48. The van der Waals surface area contributed by atoms with Gasteiger partial charge in [-0.25, -0.2) is 0 Å². The van der Waals surface area contributed by atoms with Crippen LogP contribution in [0, 0.1) is 11.8 Å². The lowest BCUT2D eigenvalue weighted by atomic mass is 10.0. The van der Waals surface area contributed by atoms with E-state index in [1.165, 1.54) is 24.8 Å². The van der Waals surface area contributed by atoms with Gasteiger partial charge in [0.05, 0.1) is 0 Å². The molecule has 1 aromatic carbocycles. The predicted octanol–water partition coefficient (Wildman–Crippen LogP) is 3.10. The van der Waals surface area contributed by atoms with Gasteiger partial charge >= 0.3 is 0 Å². The Labute approximate surface area is 128 Å². The molecule has 1 aromatic rings. The van der Waals surface area contributed by atoms with E-state index in [0.717, 1.165) is 43.3 Å². The second kappa shape index (κ2) is 6.50. The quantitative estimate of drug-likeness (QED) is 0.682. The van der Waals surface area contributed by atoms with E-state index in [2.05, 4.69) is 52.5 Å². The normalized spacial score (nSPS) is 29.3. The minimum Gasteiger partial charge on any atom is -0.356 e. The summed E-state index contributed by atoms with van der Waals surface area (Å²) in [5.74, 6) is 3.40. The van der Waals surface area contributed by atoms with E-state index >= 15 is 0 Å². The van der Waals surface area contributed by atoms with Gasteiger partial charge < -0.3 is 10.2 Å². The highest BCUT2D eigenvalue weighted by Gasteiger charge is 2.38. The van der Waals surface area contributed by atoms with Gasteiger partial charge in [0, 0.05) is 26.7 Å². The molecule has 3 atom stereocenters. The summed E-state index contributed by atoms with van der Waals surface area (Å²) in [7, 11) is 1.91. The Kier molecular flexibility index (Phi) is 4.47. The van der Waals surface area contributed by atoms with Crippen LogP contribution in [0.5, 0.6) is 0 Å². The summed E-state index contributed by atoms with van der Waals surface area (Å²) in [6.07, 6.45) is 3.95. The number of guanidine groups is 1. The number of hydrogen-bond acceptors (Lipinski definition) is 1. The van der Waals surface area contributed by atoms with E-state index < -0.39 is 0 Å². The molecule has 1 aliphatic heterocycles. The van der Waals surface area contributed by atoms with Crippen LogP contribution in [0.1, 0.15) is 37.7 Å². The molecule has 114 valence electrons. The van der Waals surface area contributed by atoms with Crippen molar-refractivity contribution >= 4 is 5.96 Å². The molecule has 0 amide bonds. The lowest BCUT2D eigenvalue weighted by Gasteiger charge is -2.33. The molecule has 0 aromatic heterocycles. The fourth-order valence-electron chi connectivity index (χ4n) is 3.52. The fraction of sp³-hybridized carbons (Fsp3) is 0.611. The number of piperidine rings is 1. The lowest BCUT2D eigenvalue weighted by Crippen LogP contribution is -2.46. The second-order valence-electron chi connectivity index (χ2n) is 6.63. The Bertz CT molecular complexity index is 482. The number of likely N-dealkylation sites (tertiary alicyclic amines) is 1. The molecule has 3 unspecified atom stereocenters. The highest BCUT2D eigenvalue weighted by Crippen LogP contribution is 2.46. The summed E-state index contributed by atoms with van der Waals surface area (Å²) in [5, 5.41) is 3.60. The SMILES string of the molecule is CN=C(NCC1CC1c1ccccc1)N1CCCC(C)C1. The Morgan fingerprint density at radius 3 is 2.86 bits per heavy atom. The van der Waals surface area contributed by atoms with Crippen molar-refractivity contribution in [2.45, 2.75) is 32.1 Å². The van der Waals surface area contributed by atoms with Gasteiger partial charge in [0.1, 0.15) is 0 Å².